The summed E-state index contributed by atoms with van der Waals surface area (Å²) in [4.78, 5) is 37.6. The lowest BCUT2D eigenvalue weighted by molar-refractivity contribution is -0.128. The van der Waals surface area contributed by atoms with E-state index in [9.17, 15) is 31.9 Å². The molecule has 1 aliphatic carbocycles. The minimum Gasteiger partial charge on any atom is -0.326 e. The third-order valence-electron chi connectivity index (χ3n) is 6.67. The molecular formula is C28H18Cl5F4NO3. The van der Waals surface area contributed by atoms with Crippen molar-refractivity contribution in [2.24, 2.45) is 5.92 Å². The first-order valence-electron chi connectivity index (χ1n) is 11.9. The molecule has 13 heteroatoms. The third-order valence-corrected chi connectivity index (χ3v) is 8.85. The maximum Gasteiger partial charge on any atom is 0.296 e. The Hall–Kier alpha value is -2.36. The summed E-state index contributed by atoms with van der Waals surface area (Å²) in [6, 6.07) is 9.31. The Morgan fingerprint density at radius 1 is 0.951 bits per heavy atom. The number of carbonyl (C=O) groups excluding carboxylic acids is 3. The lowest BCUT2D eigenvalue weighted by Crippen LogP contribution is -2.18. The minimum atomic E-state index is -3.41. The number of hydrogen-bond donors (Lipinski definition) is 1. The number of halogens is 9. The van der Waals surface area contributed by atoms with Gasteiger partial charge in [-0.3, -0.25) is 14.4 Å². The van der Waals surface area contributed by atoms with Gasteiger partial charge >= 0.3 is 0 Å². The van der Waals surface area contributed by atoms with Crippen molar-refractivity contribution < 1.29 is 31.9 Å². The lowest BCUT2D eigenvalue weighted by atomic mass is 9.97. The Morgan fingerprint density at radius 3 is 2.27 bits per heavy atom. The van der Waals surface area contributed by atoms with Gasteiger partial charge in [0.25, 0.3) is 6.43 Å². The Balaban J connectivity index is 1.55. The van der Waals surface area contributed by atoms with Crippen LogP contribution >= 0.6 is 58.0 Å². The number of rotatable bonds is 9. The molecule has 4 nitrogen and oxygen atoms in total. The summed E-state index contributed by atoms with van der Waals surface area (Å²) in [7, 11) is 0. The van der Waals surface area contributed by atoms with E-state index in [-0.39, 0.29) is 26.9 Å². The van der Waals surface area contributed by atoms with Crippen LogP contribution in [-0.4, -0.2) is 28.2 Å². The summed E-state index contributed by atoms with van der Waals surface area (Å²) in [6.07, 6.45) is -5.21. The quantitative estimate of drug-likeness (QED) is 0.141. The molecule has 4 rings (SSSR count). The molecule has 3 aromatic rings. The Bertz CT molecular complexity index is 1580. The van der Waals surface area contributed by atoms with Crippen molar-refractivity contribution in [2.45, 2.75) is 36.4 Å². The van der Waals surface area contributed by atoms with Crippen LogP contribution in [0, 0.1) is 24.5 Å². The largest absolute Gasteiger partial charge is 0.326 e. The van der Waals surface area contributed by atoms with Gasteiger partial charge in [0.15, 0.2) is 5.78 Å². The molecular weight excluding hydrogens is 652 g/mol. The van der Waals surface area contributed by atoms with Crippen LogP contribution in [0.25, 0.3) is 0 Å². The molecule has 0 aromatic heterocycles. The van der Waals surface area contributed by atoms with Crippen LogP contribution in [0.5, 0.6) is 0 Å². The first-order chi connectivity index (χ1) is 19.1. The molecule has 0 radical (unpaired) electrons. The second-order valence-corrected chi connectivity index (χ2v) is 12.1. The molecule has 0 spiro atoms. The number of ketones is 2. The highest BCUT2D eigenvalue weighted by atomic mass is 35.5. The second kappa shape index (κ2) is 12.1. The van der Waals surface area contributed by atoms with Crippen molar-refractivity contribution in [1.29, 1.82) is 0 Å². The fourth-order valence-electron chi connectivity index (χ4n) is 4.50. The Kier molecular flexibility index (Phi) is 9.31. The number of anilines is 1. The number of nitrogens with one attached hydrogen (secondary N) is 1. The van der Waals surface area contributed by atoms with Crippen LogP contribution in [0.1, 0.15) is 38.5 Å². The summed E-state index contributed by atoms with van der Waals surface area (Å²) in [6.45, 7) is 1.57. The highest BCUT2D eigenvalue weighted by Gasteiger charge is 2.67. The SMILES string of the molecule is Cc1cc(NC(=O)[C@H]2[C@H](c3ccc(Cl)c(Cl)c3)C2(Cl)Cl)cc(C(=O)Cc2ccc(F)c(CC(=O)C(F)F)c2F)c1Cl. The van der Waals surface area contributed by atoms with Crippen molar-refractivity contribution in [3.63, 3.8) is 0 Å². The van der Waals surface area contributed by atoms with E-state index in [1.807, 2.05) is 0 Å². The van der Waals surface area contributed by atoms with E-state index in [0.29, 0.717) is 16.1 Å². The van der Waals surface area contributed by atoms with E-state index in [0.717, 1.165) is 12.1 Å². The van der Waals surface area contributed by atoms with E-state index in [1.165, 1.54) is 12.1 Å². The van der Waals surface area contributed by atoms with Gasteiger partial charge in [-0.05, 0) is 53.9 Å². The number of hydrogen-bond acceptors (Lipinski definition) is 3. The van der Waals surface area contributed by atoms with Gasteiger partial charge in [0.2, 0.25) is 11.7 Å². The van der Waals surface area contributed by atoms with Crippen LogP contribution in [0.4, 0.5) is 23.2 Å². The van der Waals surface area contributed by atoms with Crippen LogP contribution in [0.15, 0.2) is 42.5 Å². The number of alkyl halides is 4. The molecule has 1 fully saturated rings. The molecule has 41 heavy (non-hydrogen) atoms. The molecule has 1 N–H and O–H groups in total. The fraction of sp³-hybridized carbons (Fsp3) is 0.250. The fourth-order valence-corrected chi connectivity index (χ4v) is 5.85. The van der Waals surface area contributed by atoms with Crippen molar-refractivity contribution >= 4 is 81.2 Å². The smallest absolute Gasteiger partial charge is 0.296 e. The molecule has 216 valence electrons. The molecule has 0 aliphatic heterocycles. The van der Waals surface area contributed by atoms with Gasteiger partial charge in [-0.2, -0.15) is 0 Å². The van der Waals surface area contributed by atoms with Crippen LogP contribution in [0.2, 0.25) is 15.1 Å². The predicted octanol–water partition coefficient (Wildman–Crippen LogP) is 8.56. The first-order valence-corrected chi connectivity index (χ1v) is 13.8. The average molecular weight is 670 g/mol. The van der Waals surface area contributed by atoms with Gasteiger partial charge in [0.05, 0.1) is 21.0 Å². The molecule has 0 bridgehead atoms. The molecule has 2 atom stereocenters. The first kappa shape index (κ1) is 31.6. The minimum absolute atomic E-state index is 0.0211. The molecule has 0 unspecified atom stereocenters. The maximum absolute atomic E-state index is 14.9. The molecule has 0 saturated heterocycles. The summed E-state index contributed by atoms with van der Waals surface area (Å²) in [5.74, 6) is -6.88. The Morgan fingerprint density at radius 2 is 1.63 bits per heavy atom. The standard InChI is InChI=1S/C28H18Cl5F4NO3/c1-11-6-14(38-27(41)23-22(28(23,32)33)12-2-4-17(29)18(30)7-12)9-16(24(11)31)20(39)8-13-3-5-19(34)15(25(13)35)10-21(40)26(36)37/h2-7,9,22-23,26H,8,10H2,1H3,(H,38,41)/t22-,23+/m0/s1. The zero-order valence-corrected chi connectivity index (χ0v) is 24.6. The number of amides is 1. The van der Waals surface area contributed by atoms with Crippen LogP contribution in [-0.2, 0) is 22.4 Å². The van der Waals surface area contributed by atoms with Crippen LogP contribution < -0.4 is 5.32 Å². The third kappa shape index (κ3) is 6.52. The Labute approximate surface area is 256 Å². The van der Waals surface area contributed by atoms with Gasteiger partial charge in [-0.25, -0.2) is 17.6 Å². The summed E-state index contributed by atoms with van der Waals surface area (Å²) < 4.78 is 52.9. The van der Waals surface area contributed by atoms with Crippen molar-refractivity contribution in [2.75, 3.05) is 5.32 Å². The van der Waals surface area contributed by atoms with Gasteiger partial charge < -0.3 is 5.32 Å². The zero-order valence-electron chi connectivity index (χ0n) is 20.8. The van der Waals surface area contributed by atoms with Crippen molar-refractivity contribution in [3.05, 3.63) is 97.0 Å². The molecule has 1 saturated carbocycles. The topological polar surface area (TPSA) is 63.2 Å². The lowest BCUT2D eigenvalue weighted by Gasteiger charge is -2.13. The van der Waals surface area contributed by atoms with Gasteiger partial charge in [-0.1, -0.05) is 46.9 Å². The monoisotopic (exact) mass is 667 g/mol. The predicted molar refractivity (Wildman–Crippen MR) is 151 cm³/mol. The van der Waals surface area contributed by atoms with Gasteiger partial charge in [-0.15, -0.1) is 23.2 Å². The summed E-state index contributed by atoms with van der Waals surface area (Å²) in [5.41, 5.74) is -0.106. The maximum atomic E-state index is 14.9. The highest BCUT2D eigenvalue weighted by molar-refractivity contribution is 6.53. The van der Waals surface area contributed by atoms with Crippen molar-refractivity contribution in [3.8, 4) is 0 Å². The molecule has 1 amide bonds. The van der Waals surface area contributed by atoms with Gasteiger partial charge in [0, 0.05) is 35.6 Å². The van der Waals surface area contributed by atoms with Crippen LogP contribution in [0.3, 0.4) is 0 Å². The van der Waals surface area contributed by atoms with E-state index in [4.69, 9.17) is 58.0 Å². The number of Topliss-reactive ketones (excluding diaryl/α,β-unsaturated/α-hetero) is 2. The van der Waals surface area contributed by atoms with E-state index >= 15 is 0 Å². The zero-order chi connectivity index (χ0) is 30.4. The second-order valence-electron chi connectivity index (χ2n) is 9.49. The average Bonchev–Trinajstić information content (AvgIpc) is 3.48. The number of carbonyl (C=O) groups is 3. The number of benzene rings is 3. The normalized spacial score (nSPS) is 17.4. The molecule has 1 aliphatic rings. The highest BCUT2D eigenvalue weighted by Crippen LogP contribution is 2.65. The molecule has 0 heterocycles. The summed E-state index contributed by atoms with van der Waals surface area (Å²) in [5, 5.41) is 3.27. The van der Waals surface area contributed by atoms with Gasteiger partial charge in [0.1, 0.15) is 16.0 Å². The van der Waals surface area contributed by atoms with Crippen molar-refractivity contribution in [1.82, 2.24) is 0 Å². The number of aryl methyl sites for hydroxylation is 1. The van der Waals surface area contributed by atoms with E-state index in [2.05, 4.69) is 5.32 Å². The van der Waals surface area contributed by atoms with E-state index < -0.39 is 70.1 Å². The summed E-state index contributed by atoms with van der Waals surface area (Å²) >= 11 is 31.2. The molecule has 3 aromatic carbocycles. The van der Waals surface area contributed by atoms with E-state index in [1.54, 1.807) is 25.1 Å².